The molecule has 1 N–H and O–H groups in total. The lowest BCUT2D eigenvalue weighted by Crippen LogP contribution is -2.44. The van der Waals surface area contributed by atoms with Crippen molar-refractivity contribution in [3.05, 3.63) is 0 Å². The summed E-state index contributed by atoms with van der Waals surface area (Å²) < 4.78 is 5.21. The zero-order valence-electron chi connectivity index (χ0n) is 10.2. The number of nitrogens with one attached hydrogen (secondary N) is 1. The first kappa shape index (κ1) is 12.4. The summed E-state index contributed by atoms with van der Waals surface area (Å²) in [7, 11) is 0. The van der Waals surface area contributed by atoms with E-state index in [0.29, 0.717) is 32.6 Å². The van der Waals surface area contributed by atoms with Crippen molar-refractivity contribution in [1.29, 1.82) is 5.26 Å². The lowest BCUT2D eigenvalue weighted by atomic mass is 9.81. The van der Waals surface area contributed by atoms with Gasteiger partial charge in [0.15, 0.2) is 0 Å². The van der Waals surface area contributed by atoms with Gasteiger partial charge < -0.3 is 10.1 Å². The summed E-state index contributed by atoms with van der Waals surface area (Å²) in [5.41, 5.74) is -0.835. The SMILES string of the molecule is N#CC1(C(=O)NCCCC2CC2)CCOCC1. The average molecular weight is 236 g/mol. The van der Waals surface area contributed by atoms with E-state index in [-0.39, 0.29) is 5.91 Å². The second kappa shape index (κ2) is 5.50. The Labute approximate surface area is 102 Å². The third-order valence-corrected chi connectivity index (χ3v) is 3.77. The molecule has 2 aliphatic rings. The van der Waals surface area contributed by atoms with E-state index in [1.165, 1.54) is 19.3 Å². The van der Waals surface area contributed by atoms with Gasteiger partial charge >= 0.3 is 0 Å². The molecule has 0 bridgehead atoms. The van der Waals surface area contributed by atoms with Gasteiger partial charge in [-0.05, 0) is 31.6 Å². The topological polar surface area (TPSA) is 62.1 Å². The Morgan fingerprint density at radius 2 is 2.12 bits per heavy atom. The van der Waals surface area contributed by atoms with Crippen molar-refractivity contribution in [3.63, 3.8) is 0 Å². The fourth-order valence-electron chi connectivity index (χ4n) is 2.28. The van der Waals surface area contributed by atoms with Gasteiger partial charge in [-0.3, -0.25) is 4.79 Å². The summed E-state index contributed by atoms with van der Waals surface area (Å²) >= 11 is 0. The highest BCUT2D eigenvalue weighted by molar-refractivity contribution is 5.85. The smallest absolute Gasteiger partial charge is 0.240 e. The molecule has 1 aliphatic carbocycles. The quantitative estimate of drug-likeness (QED) is 0.738. The van der Waals surface area contributed by atoms with Crippen molar-refractivity contribution < 1.29 is 9.53 Å². The largest absolute Gasteiger partial charge is 0.381 e. The maximum Gasteiger partial charge on any atom is 0.240 e. The number of rotatable bonds is 5. The molecular formula is C13H20N2O2. The average Bonchev–Trinajstić information content (AvgIpc) is 3.19. The molecule has 0 aromatic carbocycles. The van der Waals surface area contributed by atoms with Crippen molar-refractivity contribution in [2.45, 2.75) is 38.5 Å². The van der Waals surface area contributed by atoms with E-state index < -0.39 is 5.41 Å². The molecule has 0 aromatic rings. The molecule has 94 valence electrons. The van der Waals surface area contributed by atoms with Crippen LogP contribution in [0.5, 0.6) is 0 Å². The maximum absolute atomic E-state index is 12.0. The van der Waals surface area contributed by atoms with Gasteiger partial charge in [-0.15, -0.1) is 0 Å². The molecule has 17 heavy (non-hydrogen) atoms. The third-order valence-electron chi connectivity index (χ3n) is 3.77. The monoisotopic (exact) mass is 236 g/mol. The maximum atomic E-state index is 12.0. The van der Waals surface area contributed by atoms with Crippen LogP contribution < -0.4 is 5.32 Å². The number of nitriles is 1. The van der Waals surface area contributed by atoms with Gasteiger partial charge in [0, 0.05) is 19.8 Å². The van der Waals surface area contributed by atoms with E-state index in [1.54, 1.807) is 0 Å². The van der Waals surface area contributed by atoms with Crippen molar-refractivity contribution in [2.24, 2.45) is 11.3 Å². The van der Waals surface area contributed by atoms with Crippen LogP contribution in [0.4, 0.5) is 0 Å². The van der Waals surface area contributed by atoms with Crippen LogP contribution in [-0.4, -0.2) is 25.7 Å². The van der Waals surface area contributed by atoms with Crippen LogP contribution in [0, 0.1) is 22.7 Å². The molecule has 4 heteroatoms. The molecule has 0 atom stereocenters. The van der Waals surface area contributed by atoms with Crippen molar-refractivity contribution in [2.75, 3.05) is 19.8 Å². The minimum absolute atomic E-state index is 0.0981. The number of hydrogen-bond donors (Lipinski definition) is 1. The Balaban J connectivity index is 1.73. The number of ether oxygens (including phenoxy) is 1. The van der Waals surface area contributed by atoms with Crippen LogP contribution in [0.2, 0.25) is 0 Å². The number of carbonyl (C=O) groups excluding carboxylic acids is 1. The van der Waals surface area contributed by atoms with E-state index in [2.05, 4.69) is 11.4 Å². The van der Waals surface area contributed by atoms with E-state index in [4.69, 9.17) is 4.74 Å². The molecule has 1 saturated heterocycles. The van der Waals surface area contributed by atoms with Gasteiger partial charge in [-0.2, -0.15) is 5.26 Å². The Hall–Kier alpha value is -1.08. The summed E-state index contributed by atoms with van der Waals surface area (Å²) in [5.74, 6) is 0.805. The number of nitrogens with zero attached hydrogens (tertiary/aromatic N) is 1. The molecule has 0 unspecified atom stereocenters. The Kier molecular flexibility index (Phi) is 4.01. The molecule has 2 fully saturated rings. The number of amides is 1. The van der Waals surface area contributed by atoms with Gasteiger partial charge in [-0.25, -0.2) is 0 Å². The molecule has 1 aliphatic heterocycles. The van der Waals surface area contributed by atoms with Crippen LogP contribution in [-0.2, 0) is 9.53 Å². The van der Waals surface area contributed by atoms with Crippen molar-refractivity contribution >= 4 is 5.91 Å². The van der Waals surface area contributed by atoms with Crippen LogP contribution >= 0.6 is 0 Å². The first-order valence-electron chi connectivity index (χ1n) is 6.54. The summed E-state index contributed by atoms with van der Waals surface area (Å²) in [6.07, 6.45) is 6.01. The van der Waals surface area contributed by atoms with Gasteiger partial charge in [0.1, 0.15) is 5.41 Å². The summed E-state index contributed by atoms with van der Waals surface area (Å²) in [6.45, 7) is 1.74. The van der Waals surface area contributed by atoms with E-state index in [9.17, 15) is 10.1 Å². The molecule has 4 nitrogen and oxygen atoms in total. The van der Waals surface area contributed by atoms with Crippen molar-refractivity contribution in [1.82, 2.24) is 5.32 Å². The standard InChI is InChI=1S/C13H20N2O2/c14-10-13(5-8-17-9-6-13)12(16)15-7-1-2-11-3-4-11/h11H,1-9H2,(H,15,16). The highest BCUT2D eigenvalue weighted by Crippen LogP contribution is 2.33. The Morgan fingerprint density at radius 1 is 1.41 bits per heavy atom. The predicted molar refractivity (Wildman–Crippen MR) is 63.1 cm³/mol. The minimum atomic E-state index is -0.835. The second-order valence-electron chi connectivity index (χ2n) is 5.15. The molecule has 1 amide bonds. The molecular weight excluding hydrogens is 216 g/mol. The highest BCUT2D eigenvalue weighted by atomic mass is 16.5. The van der Waals surface area contributed by atoms with Crippen molar-refractivity contribution in [3.8, 4) is 6.07 Å². The fourth-order valence-corrected chi connectivity index (χ4v) is 2.28. The minimum Gasteiger partial charge on any atom is -0.381 e. The van der Waals surface area contributed by atoms with Gasteiger partial charge in [0.25, 0.3) is 0 Å². The second-order valence-corrected chi connectivity index (χ2v) is 5.15. The predicted octanol–water partition coefficient (Wildman–Crippen LogP) is 1.61. The summed E-state index contributed by atoms with van der Waals surface area (Å²) in [5, 5.41) is 12.1. The molecule has 0 radical (unpaired) electrons. The first-order valence-corrected chi connectivity index (χ1v) is 6.54. The molecule has 0 spiro atoms. The van der Waals surface area contributed by atoms with E-state index >= 15 is 0 Å². The molecule has 1 saturated carbocycles. The normalized spacial score (nSPS) is 22.8. The molecule has 0 aromatic heterocycles. The summed E-state index contributed by atoms with van der Waals surface area (Å²) in [6, 6.07) is 2.19. The lowest BCUT2D eigenvalue weighted by Gasteiger charge is -2.29. The number of hydrogen-bond acceptors (Lipinski definition) is 3. The zero-order chi connectivity index (χ0) is 12.1. The highest BCUT2D eigenvalue weighted by Gasteiger charge is 2.40. The fraction of sp³-hybridized carbons (Fsp3) is 0.846. The Morgan fingerprint density at radius 3 is 2.71 bits per heavy atom. The van der Waals surface area contributed by atoms with Crippen LogP contribution in [0.3, 0.4) is 0 Å². The Bertz CT molecular complexity index is 312. The van der Waals surface area contributed by atoms with Gasteiger partial charge in [0.2, 0.25) is 5.91 Å². The van der Waals surface area contributed by atoms with Gasteiger partial charge in [0.05, 0.1) is 6.07 Å². The summed E-state index contributed by atoms with van der Waals surface area (Å²) in [4.78, 5) is 12.0. The van der Waals surface area contributed by atoms with E-state index in [1.807, 2.05) is 0 Å². The van der Waals surface area contributed by atoms with Crippen LogP contribution in [0.1, 0.15) is 38.5 Å². The van der Waals surface area contributed by atoms with Crippen LogP contribution in [0.15, 0.2) is 0 Å². The molecule has 1 heterocycles. The first-order chi connectivity index (χ1) is 8.27. The zero-order valence-corrected chi connectivity index (χ0v) is 10.2. The lowest BCUT2D eigenvalue weighted by molar-refractivity contribution is -0.132. The third kappa shape index (κ3) is 3.19. The van der Waals surface area contributed by atoms with Crippen LogP contribution in [0.25, 0.3) is 0 Å². The van der Waals surface area contributed by atoms with Gasteiger partial charge in [-0.1, -0.05) is 12.8 Å². The molecule has 2 rings (SSSR count). The van der Waals surface area contributed by atoms with E-state index in [0.717, 1.165) is 12.3 Å². The number of carbonyl (C=O) groups is 1.